The second kappa shape index (κ2) is 9.11. The Kier molecular flexibility index (Phi) is 6.19. The van der Waals surface area contributed by atoms with E-state index in [4.69, 9.17) is 34.8 Å². The molecule has 1 heterocycles. The number of carbonyl (C=O) groups excluding carboxylic acids is 2. The van der Waals surface area contributed by atoms with Gasteiger partial charge in [0.1, 0.15) is 10.0 Å². The second-order valence-corrected chi connectivity index (χ2v) is 9.79. The summed E-state index contributed by atoms with van der Waals surface area (Å²) >= 11 is 19.7. The van der Waals surface area contributed by atoms with Crippen molar-refractivity contribution in [3.05, 3.63) is 80.8 Å². The molecule has 0 bridgehead atoms. The highest BCUT2D eigenvalue weighted by atomic mass is 35.5. The summed E-state index contributed by atoms with van der Waals surface area (Å²) in [5.41, 5.74) is 5.40. The summed E-state index contributed by atoms with van der Waals surface area (Å²) in [6, 6.07) is 17.1. The molecule has 1 saturated carbocycles. The molecule has 5 rings (SSSR count). The van der Waals surface area contributed by atoms with E-state index in [1.54, 1.807) is 18.2 Å². The molecule has 4 nitrogen and oxygen atoms in total. The molecule has 0 aromatic heterocycles. The lowest BCUT2D eigenvalue weighted by Gasteiger charge is -2.29. The Bertz CT molecular complexity index is 1240. The number of hydrogen-bond acceptors (Lipinski definition) is 1. The van der Waals surface area contributed by atoms with Gasteiger partial charge in [0.25, 0.3) is 5.78 Å². The van der Waals surface area contributed by atoms with Gasteiger partial charge in [0.15, 0.2) is 11.4 Å². The molecule has 7 heteroatoms. The van der Waals surface area contributed by atoms with Crippen molar-refractivity contribution in [3.8, 4) is 11.1 Å². The molecule has 3 N–H and O–H groups in total. The van der Waals surface area contributed by atoms with Crippen molar-refractivity contribution < 1.29 is 14.5 Å². The van der Waals surface area contributed by atoms with E-state index in [9.17, 15) is 9.59 Å². The van der Waals surface area contributed by atoms with E-state index >= 15 is 0 Å². The zero-order chi connectivity index (χ0) is 23.1. The molecule has 2 amide bonds. The number of quaternary nitrogens is 1. The number of carbonyl (C=O) groups is 1. The van der Waals surface area contributed by atoms with Crippen molar-refractivity contribution in [1.29, 1.82) is 0 Å². The molecule has 1 unspecified atom stereocenters. The fourth-order valence-corrected chi connectivity index (χ4v) is 5.74. The maximum absolute atomic E-state index is 13.2. The summed E-state index contributed by atoms with van der Waals surface area (Å²) in [5.74, 6) is 0.838. The van der Waals surface area contributed by atoms with E-state index in [0.717, 1.165) is 40.8 Å². The Hall–Kier alpha value is -2.37. The molecule has 0 radical (unpaired) electrons. The molecular formula is C26H23Cl3N2O2+2. The molecule has 168 valence electrons. The third-order valence-electron chi connectivity index (χ3n) is 6.61. The minimum Gasteiger partial charge on any atom is -0.301 e. The van der Waals surface area contributed by atoms with Gasteiger partial charge < -0.3 is 5.32 Å². The average Bonchev–Trinajstić information content (AvgIpc) is 2.80. The molecule has 1 aliphatic heterocycles. The quantitative estimate of drug-likeness (QED) is 0.391. The van der Waals surface area contributed by atoms with Crippen LogP contribution in [0.3, 0.4) is 0 Å². The normalized spacial score (nSPS) is 20.3. The molecular weight excluding hydrogens is 479 g/mol. The summed E-state index contributed by atoms with van der Waals surface area (Å²) in [7, 11) is 0. The van der Waals surface area contributed by atoms with E-state index in [1.807, 2.05) is 24.3 Å². The minimum atomic E-state index is -0.200. The lowest BCUT2D eigenvalue weighted by atomic mass is 9.81. The Morgan fingerprint density at radius 2 is 1.55 bits per heavy atom. The van der Waals surface area contributed by atoms with Crippen LogP contribution in [0.25, 0.3) is 11.1 Å². The molecule has 3 aromatic carbocycles. The van der Waals surface area contributed by atoms with Gasteiger partial charge in [-0.15, -0.1) is 0 Å². The summed E-state index contributed by atoms with van der Waals surface area (Å²) < 4.78 is 0. The van der Waals surface area contributed by atoms with Crippen LogP contribution >= 0.6 is 34.8 Å². The van der Waals surface area contributed by atoms with Gasteiger partial charge in [0.2, 0.25) is 0 Å². The van der Waals surface area contributed by atoms with Crippen LogP contribution < -0.4 is 10.2 Å². The number of amides is 2. The molecule has 2 aliphatic rings. The first-order valence-corrected chi connectivity index (χ1v) is 12.1. The van der Waals surface area contributed by atoms with Crippen LogP contribution in [0.2, 0.25) is 15.1 Å². The molecule has 3 aromatic rings. The number of nitrogens with one attached hydrogen (secondary N) is 2. The summed E-state index contributed by atoms with van der Waals surface area (Å²) in [6.45, 7) is 0.389. The minimum absolute atomic E-state index is 0.200. The van der Waals surface area contributed by atoms with Gasteiger partial charge in [-0.2, -0.15) is 4.90 Å². The fourth-order valence-electron chi connectivity index (χ4n) is 4.91. The van der Waals surface area contributed by atoms with Gasteiger partial charge >= 0.3 is 6.03 Å². The fraction of sp³-hybridized carbons (Fsp3) is 0.231. The molecule has 1 atom stereocenters. The van der Waals surface area contributed by atoms with E-state index in [0.29, 0.717) is 50.8 Å². The molecule has 0 saturated heterocycles. The van der Waals surface area contributed by atoms with Crippen LogP contribution in [0.5, 0.6) is 0 Å². The number of hydrogen-bond donors (Lipinski definition) is 2. The molecule has 1 fully saturated rings. The number of halogens is 3. The first-order chi connectivity index (χ1) is 15.9. The SMILES string of the molecule is O=C1NCc2c(-c3ccccc3Cl)cc(C3CCC(=[OH+])CC3)cc2[NH+]1c1c(Cl)cccc1Cl. The lowest BCUT2D eigenvalue weighted by molar-refractivity contribution is -0.666. The van der Waals surface area contributed by atoms with Gasteiger partial charge in [0, 0.05) is 22.2 Å². The number of fused-ring (bicyclic) bond motifs is 1. The van der Waals surface area contributed by atoms with E-state index in [2.05, 4.69) is 17.4 Å². The monoisotopic (exact) mass is 500 g/mol. The van der Waals surface area contributed by atoms with E-state index in [-0.39, 0.29) is 11.9 Å². The maximum atomic E-state index is 13.2. The predicted octanol–water partition coefficient (Wildman–Crippen LogP) is 6.59. The number of para-hydroxylation sites is 1. The topological polar surface area (TPSA) is 54.9 Å². The van der Waals surface area contributed by atoms with Crippen molar-refractivity contribution in [3.63, 3.8) is 0 Å². The van der Waals surface area contributed by atoms with Crippen molar-refractivity contribution in [2.24, 2.45) is 0 Å². The smallest absolute Gasteiger partial charge is 0.301 e. The van der Waals surface area contributed by atoms with Gasteiger partial charge in [-0.3, -0.25) is 4.79 Å². The first kappa shape index (κ1) is 22.4. The highest BCUT2D eigenvalue weighted by Gasteiger charge is 2.38. The summed E-state index contributed by atoms with van der Waals surface area (Å²) in [4.78, 5) is 23.6. The zero-order valence-electron chi connectivity index (χ0n) is 17.8. The van der Waals surface area contributed by atoms with Crippen molar-refractivity contribution >= 4 is 58.0 Å². The van der Waals surface area contributed by atoms with Crippen LogP contribution in [0.1, 0.15) is 42.7 Å². The van der Waals surface area contributed by atoms with Crippen molar-refractivity contribution in [2.45, 2.75) is 38.1 Å². The Morgan fingerprint density at radius 3 is 2.24 bits per heavy atom. The number of benzene rings is 3. The third-order valence-corrected chi connectivity index (χ3v) is 7.56. The van der Waals surface area contributed by atoms with Crippen LogP contribution in [0.4, 0.5) is 16.2 Å². The third kappa shape index (κ3) is 4.17. The number of ketones is 1. The van der Waals surface area contributed by atoms with Gasteiger partial charge in [-0.1, -0.05) is 65.1 Å². The molecule has 1 aliphatic carbocycles. The van der Waals surface area contributed by atoms with E-state index < -0.39 is 0 Å². The maximum Gasteiger partial charge on any atom is 0.425 e. The zero-order valence-corrected chi connectivity index (χ0v) is 20.1. The van der Waals surface area contributed by atoms with Gasteiger partial charge in [-0.25, -0.2) is 4.79 Å². The Balaban J connectivity index is 1.75. The van der Waals surface area contributed by atoms with Crippen LogP contribution in [-0.4, -0.2) is 16.6 Å². The van der Waals surface area contributed by atoms with Gasteiger partial charge in [0.05, 0.1) is 19.4 Å². The van der Waals surface area contributed by atoms with Crippen LogP contribution in [-0.2, 0) is 6.54 Å². The highest BCUT2D eigenvalue weighted by molar-refractivity contribution is 6.38. The van der Waals surface area contributed by atoms with Crippen LogP contribution in [0.15, 0.2) is 54.6 Å². The molecule has 33 heavy (non-hydrogen) atoms. The largest absolute Gasteiger partial charge is 0.425 e. The first-order valence-electron chi connectivity index (χ1n) is 11.0. The Morgan fingerprint density at radius 1 is 0.879 bits per heavy atom. The Labute approximate surface area is 207 Å². The second-order valence-electron chi connectivity index (χ2n) is 8.57. The standard InChI is InChI=1S/C26H21Cl3N2O2/c27-21-5-2-1-4-18(21)19-12-16(15-8-10-17(32)11-9-15)13-24-20(19)14-30-26(33)31(24)25-22(28)6-3-7-23(25)29/h1-7,12-13,15H,8-11,14H2,(H,30,33)/p+2. The predicted molar refractivity (Wildman–Crippen MR) is 134 cm³/mol. The average molecular weight is 502 g/mol. The van der Waals surface area contributed by atoms with E-state index in [1.165, 1.54) is 0 Å². The van der Waals surface area contributed by atoms with Gasteiger partial charge in [-0.05, 0) is 48.1 Å². The van der Waals surface area contributed by atoms with Crippen LogP contribution in [0, 0.1) is 0 Å². The van der Waals surface area contributed by atoms with Crippen molar-refractivity contribution in [2.75, 3.05) is 0 Å². The number of urea groups is 1. The lowest BCUT2D eigenvalue weighted by Crippen LogP contribution is -3.08. The highest BCUT2D eigenvalue weighted by Crippen LogP contribution is 2.41. The summed E-state index contributed by atoms with van der Waals surface area (Å²) in [6.07, 6.45) is 3.11. The number of rotatable bonds is 3. The molecule has 0 spiro atoms. The summed E-state index contributed by atoms with van der Waals surface area (Å²) in [5, 5.41) is 4.52. The van der Waals surface area contributed by atoms with Crippen molar-refractivity contribution in [1.82, 2.24) is 5.32 Å².